The smallest absolute Gasteiger partial charge is 0.321 e. The molecular weight excluding hydrogens is 398 g/mol. The molecule has 4 rings (SSSR count). The van der Waals surface area contributed by atoms with E-state index in [4.69, 9.17) is 4.98 Å². The summed E-state index contributed by atoms with van der Waals surface area (Å²) in [5.41, 5.74) is 5.25. The number of nitrogens with zero attached hydrogens (tertiary/aromatic N) is 4. The van der Waals surface area contributed by atoms with Gasteiger partial charge < -0.3 is 15.1 Å². The quantitative estimate of drug-likeness (QED) is 0.616. The number of hydrogen-bond acceptors (Lipinski definition) is 4. The summed E-state index contributed by atoms with van der Waals surface area (Å²) in [6.07, 6.45) is 0. The van der Waals surface area contributed by atoms with Crippen LogP contribution in [-0.4, -0.2) is 47.1 Å². The SMILES string of the molecule is Cc1cccc(-c2nc(C)cc(N3CCN(C(=O)Nc4ccc(C(C)C)cc4)CC3)n2)c1. The van der Waals surface area contributed by atoms with Crippen LogP contribution in [0.3, 0.4) is 0 Å². The summed E-state index contributed by atoms with van der Waals surface area (Å²) in [5, 5.41) is 3.02. The van der Waals surface area contributed by atoms with Crippen LogP contribution in [0.25, 0.3) is 11.4 Å². The van der Waals surface area contributed by atoms with Crippen molar-refractivity contribution in [2.45, 2.75) is 33.6 Å². The highest BCUT2D eigenvalue weighted by molar-refractivity contribution is 5.89. The third kappa shape index (κ3) is 5.07. The lowest BCUT2D eigenvalue weighted by Gasteiger charge is -2.35. The molecule has 0 atom stereocenters. The standard InChI is InChI=1S/C26H31N5O/c1-18(2)21-8-10-23(11-9-21)28-26(32)31-14-12-30(13-15-31)24-17-20(4)27-25(29-24)22-7-5-6-19(3)16-22/h5-11,16-18H,12-15H2,1-4H3,(H,28,32). The van der Waals surface area contributed by atoms with Crippen molar-refractivity contribution >= 4 is 17.5 Å². The Morgan fingerprint density at radius 3 is 2.31 bits per heavy atom. The first-order chi connectivity index (χ1) is 15.4. The molecule has 166 valence electrons. The van der Waals surface area contributed by atoms with Crippen molar-refractivity contribution in [3.63, 3.8) is 0 Å². The number of carbonyl (C=O) groups excluding carboxylic acids is 1. The Kier molecular flexibility index (Phi) is 6.40. The first-order valence-corrected chi connectivity index (χ1v) is 11.2. The second-order valence-electron chi connectivity index (χ2n) is 8.74. The van der Waals surface area contributed by atoms with Gasteiger partial charge in [0.25, 0.3) is 0 Å². The molecule has 2 amide bonds. The Hall–Kier alpha value is -3.41. The number of carbonyl (C=O) groups is 1. The lowest BCUT2D eigenvalue weighted by molar-refractivity contribution is 0.208. The minimum atomic E-state index is -0.0544. The first kappa shape index (κ1) is 21.8. The molecule has 6 nitrogen and oxygen atoms in total. The predicted molar refractivity (Wildman–Crippen MR) is 130 cm³/mol. The van der Waals surface area contributed by atoms with Crippen LogP contribution in [0.5, 0.6) is 0 Å². The molecule has 1 saturated heterocycles. The molecule has 1 aliphatic heterocycles. The zero-order chi connectivity index (χ0) is 22.7. The summed E-state index contributed by atoms with van der Waals surface area (Å²) in [5.74, 6) is 2.14. The van der Waals surface area contributed by atoms with E-state index >= 15 is 0 Å². The van der Waals surface area contributed by atoms with Crippen LogP contribution in [-0.2, 0) is 0 Å². The van der Waals surface area contributed by atoms with Gasteiger partial charge in [-0.05, 0) is 43.5 Å². The van der Waals surface area contributed by atoms with Gasteiger partial charge in [0.1, 0.15) is 5.82 Å². The van der Waals surface area contributed by atoms with Crippen LogP contribution in [0.4, 0.5) is 16.3 Å². The van der Waals surface area contributed by atoms with E-state index in [-0.39, 0.29) is 6.03 Å². The Bertz CT molecular complexity index is 1090. The Morgan fingerprint density at radius 2 is 1.66 bits per heavy atom. The van der Waals surface area contributed by atoms with E-state index in [1.54, 1.807) is 0 Å². The molecular formula is C26H31N5O. The summed E-state index contributed by atoms with van der Waals surface area (Å²) in [6.45, 7) is 11.2. The third-order valence-electron chi connectivity index (χ3n) is 5.84. The molecule has 0 aliphatic carbocycles. The topological polar surface area (TPSA) is 61.4 Å². The fourth-order valence-corrected chi connectivity index (χ4v) is 3.92. The van der Waals surface area contributed by atoms with Crippen molar-refractivity contribution in [3.8, 4) is 11.4 Å². The molecule has 1 aromatic heterocycles. The minimum Gasteiger partial charge on any atom is -0.353 e. The molecule has 0 spiro atoms. The van der Waals surface area contributed by atoms with Crippen molar-refractivity contribution in [2.24, 2.45) is 0 Å². The summed E-state index contributed by atoms with van der Waals surface area (Å²) < 4.78 is 0. The Balaban J connectivity index is 1.39. The van der Waals surface area contributed by atoms with Crippen LogP contribution in [0.15, 0.2) is 54.6 Å². The number of anilines is 2. The lowest BCUT2D eigenvalue weighted by Crippen LogP contribution is -2.50. The van der Waals surface area contributed by atoms with Gasteiger partial charge in [-0.15, -0.1) is 0 Å². The van der Waals surface area contributed by atoms with Gasteiger partial charge >= 0.3 is 6.03 Å². The third-order valence-corrected chi connectivity index (χ3v) is 5.84. The maximum absolute atomic E-state index is 12.7. The van der Waals surface area contributed by atoms with E-state index < -0.39 is 0 Å². The van der Waals surface area contributed by atoms with Crippen molar-refractivity contribution in [1.29, 1.82) is 0 Å². The van der Waals surface area contributed by atoms with Crippen LogP contribution < -0.4 is 10.2 Å². The fourth-order valence-electron chi connectivity index (χ4n) is 3.92. The number of piperazine rings is 1. The van der Waals surface area contributed by atoms with Gasteiger partial charge in [-0.3, -0.25) is 0 Å². The van der Waals surface area contributed by atoms with Gasteiger partial charge in [-0.25, -0.2) is 14.8 Å². The molecule has 0 radical (unpaired) electrons. The summed E-state index contributed by atoms with van der Waals surface area (Å²) >= 11 is 0. The number of aryl methyl sites for hydroxylation is 2. The molecule has 2 aromatic carbocycles. The monoisotopic (exact) mass is 429 g/mol. The number of aromatic nitrogens is 2. The van der Waals surface area contributed by atoms with Gasteiger partial charge in [0, 0.05) is 49.2 Å². The van der Waals surface area contributed by atoms with Crippen molar-refractivity contribution in [3.05, 3.63) is 71.4 Å². The largest absolute Gasteiger partial charge is 0.353 e. The number of hydrogen-bond donors (Lipinski definition) is 1. The zero-order valence-corrected chi connectivity index (χ0v) is 19.3. The molecule has 32 heavy (non-hydrogen) atoms. The van der Waals surface area contributed by atoms with Crippen LogP contribution in [0.2, 0.25) is 0 Å². The van der Waals surface area contributed by atoms with Gasteiger partial charge in [0.2, 0.25) is 0 Å². The average molecular weight is 430 g/mol. The number of amides is 2. The molecule has 0 unspecified atom stereocenters. The summed E-state index contributed by atoms with van der Waals surface area (Å²) in [7, 11) is 0. The molecule has 1 N–H and O–H groups in total. The molecule has 6 heteroatoms. The van der Waals surface area contributed by atoms with E-state index in [2.05, 4.69) is 60.2 Å². The van der Waals surface area contributed by atoms with E-state index in [9.17, 15) is 4.79 Å². The minimum absolute atomic E-state index is 0.0544. The van der Waals surface area contributed by atoms with Crippen molar-refractivity contribution < 1.29 is 4.79 Å². The Labute approximate surface area is 190 Å². The van der Waals surface area contributed by atoms with E-state index in [1.165, 1.54) is 11.1 Å². The van der Waals surface area contributed by atoms with Crippen molar-refractivity contribution in [1.82, 2.24) is 14.9 Å². The Morgan fingerprint density at radius 1 is 0.938 bits per heavy atom. The predicted octanol–water partition coefficient (Wildman–Crippen LogP) is 5.24. The van der Waals surface area contributed by atoms with E-state index in [0.717, 1.165) is 41.7 Å². The average Bonchev–Trinajstić information content (AvgIpc) is 2.79. The molecule has 0 saturated carbocycles. The normalized spacial score (nSPS) is 14.0. The molecule has 1 aliphatic rings. The molecule has 3 aromatic rings. The maximum atomic E-state index is 12.7. The molecule has 1 fully saturated rings. The highest BCUT2D eigenvalue weighted by atomic mass is 16.2. The lowest BCUT2D eigenvalue weighted by atomic mass is 10.0. The molecule has 0 bridgehead atoms. The van der Waals surface area contributed by atoms with Gasteiger partial charge in [0.15, 0.2) is 5.82 Å². The van der Waals surface area contributed by atoms with Crippen LogP contribution >= 0.6 is 0 Å². The van der Waals surface area contributed by atoms with E-state index in [0.29, 0.717) is 19.0 Å². The van der Waals surface area contributed by atoms with E-state index in [1.807, 2.05) is 42.2 Å². The number of benzene rings is 2. The number of rotatable bonds is 4. The fraction of sp³-hybridized carbons (Fsp3) is 0.346. The first-order valence-electron chi connectivity index (χ1n) is 11.2. The second-order valence-corrected chi connectivity index (χ2v) is 8.74. The highest BCUT2D eigenvalue weighted by Crippen LogP contribution is 2.22. The highest BCUT2D eigenvalue weighted by Gasteiger charge is 2.23. The van der Waals surface area contributed by atoms with Crippen LogP contribution in [0.1, 0.15) is 36.6 Å². The van der Waals surface area contributed by atoms with Gasteiger partial charge in [0.05, 0.1) is 0 Å². The summed E-state index contributed by atoms with van der Waals surface area (Å²) in [4.78, 5) is 26.3. The number of urea groups is 1. The van der Waals surface area contributed by atoms with Crippen molar-refractivity contribution in [2.75, 3.05) is 36.4 Å². The van der Waals surface area contributed by atoms with Gasteiger partial charge in [-0.1, -0.05) is 49.7 Å². The zero-order valence-electron chi connectivity index (χ0n) is 19.3. The molecule has 2 heterocycles. The maximum Gasteiger partial charge on any atom is 0.321 e. The number of nitrogens with one attached hydrogen (secondary N) is 1. The second kappa shape index (κ2) is 9.39. The van der Waals surface area contributed by atoms with Gasteiger partial charge in [-0.2, -0.15) is 0 Å². The van der Waals surface area contributed by atoms with Crippen LogP contribution in [0, 0.1) is 13.8 Å². The summed E-state index contributed by atoms with van der Waals surface area (Å²) in [6, 6.07) is 18.3.